The summed E-state index contributed by atoms with van der Waals surface area (Å²) in [5.41, 5.74) is 10.8. The number of carbonyl (C=O) groups excluding carboxylic acids is 1. The zero-order valence-corrected chi connectivity index (χ0v) is 13.1. The number of amides is 1. The Bertz CT molecular complexity index is 991. The molecule has 0 saturated heterocycles. The lowest BCUT2D eigenvalue weighted by Gasteiger charge is -2.09. The summed E-state index contributed by atoms with van der Waals surface area (Å²) in [6.45, 7) is -0.115. The van der Waals surface area contributed by atoms with Crippen LogP contribution in [0.25, 0.3) is 11.2 Å². The summed E-state index contributed by atoms with van der Waals surface area (Å²) in [5.74, 6) is -0.744. The third-order valence-electron chi connectivity index (χ3n) is 3.39. The zero-order valence-electron chi connectivity index (χ0n) is 13.1. The molecule has 5 N–H and O–H groups in total. The molecule has 0 saturated carbocycles. The number of rotatable bonds is 3. The summed E-state index contributed by atoms with van der Waals surface area (Å²) in [6, 6.07) is 4.65. The van der Waals surface area contributed by atoms with Crippen molar-refractivity contribution in [2.75, 3.05) is 11.5 Å². The van der Waals surface area contributed by atoms with Gasteiger partial charge in [0.25, 0.3) is 5.91 Å². The molecule has 1 aromatic carbocycles. The number of benzene rings is 1. The number of nitrogens with zero attached hydrogens (tertiary/aromatic N) is 4. The number of halogens is 3. The van der Waals surface area contributed by atoms with Gasteiger partial charge in [-0.2, -0.15) is 23.1 Å². The Morgan fingerprint density at radius 3 is 2.65 bits per heavy atom. The summed E-state index contributed by atoms with van der Waals surface area (Å²) < 4.78 is 38.1. The molecule has 0 unspecified atom stereocenters. The Hall–Kier alpha value is -3.50. The number of alkyl halides is 3. The van der Waals surface area contributed by atoms with Gasteiger partial charge in [-0.3, -0.25) is 4.79 Å². The topological polar surface area (TPSA) is 133 Å². The zero-order chi connectivity index (χ0) is 18.9. The minimum absolute atomic E-state index is 0.0347. The first-order valence-corrected chi connectivity index (χ1v) is 7.24. The number of nitrogens with one attached hydrogen (secondary N) is 1. The van der Waals surface area contributed by atoms with Crippen LogP contribution in [0.1, 0.15) is 21.6 Å². The van der Waals surface area contributed by atoms with E-state index < -0.39 is 17.6 Å². The van der Waals surface area contributed by atoms with E-state index in [-0.39, 0.29) is 40.7 Å². The van der Waals surface area contributed by atoms with Crippen molar-refractivity contribution in [2.45, 2.75) is 12.7 Å². The Balaban J connectivity index is 1.77. The molecule has 0 aliphatic carbocycles. The van der Waals surface area contributed by atoms with Crippen LogP contribution in [0.3, 0.4) is 0 Å². The fourth-order valence-electron chi connectivity index (χ4n) is 2.19. The van der Waals surface area contributed by atoms with E-state index in [0.29, 0.717) is 0 Å². The summed E-state index contributed by atoms with van der Waals surface area (Å²) >= 11 is 0. The van der Waals surface area contributed by atoms with Crippen molar-refractivity contribution in [1.82, 2.24) is 25.3 Å². The summed E-state index contributed by atoms with van der Waals surface area (Å²) in [5, 5.41) is 2.47. The highest BCUT2D eigenvalue weighted by Gasteiger charge is 2.30. The predicted octanol–water partition coefficient (Wildman–Crippen LogP) is 1.53. The van der Waals surface area contributed by atoms with Gasteiger partial charge in [-0.25, -0.2) is 9.97 Å². The SMILES string of the molecule is Nc1nc(N)c2nc(C(=O)NCc3cccc(C(F)(F)F)c3)cnc2n1. The van der Waals surface area contributed by atoms with E-state index in [1.165, 1.54) is 12.1 Å². The second-order valence-electron chi connectivity index (χ2n) is 5.28. The molecule has 8 nitrogen and oxygen atoms in total. The van der Waals surface area contributed by atoms with Gasteiger partial charge in [-0.15, -0.1) is 0 Å². The van der Waals surface area contributed by atoms with E-state index in [1.807, 2.05) is 0 Å². The summed E-state index contributed by atoms with van der Waals surface area (Å²) in [6.07, 6.45) is -3.29. The maximum atomic E-state index is 12.7. The van der Waals surface area contributed by atoms with Crippen molar-refractivity contribution in [2.24, 2.45) is 0 Å². The van der Waals surface area contributed by atoms with Gasteiger partial charge >= 0.3 is 6.18 Å². The molecule has 3 aromatic rings. The average Bonchev–Trinajstić information content (AvgIpc) is 2.59. The van der Waals surface area contributed by atoms with Crippen LogP contribution in [0.5, 0.6) is 0 Å². The maximum absolute atomic E-state index is 12.7. The van der Waals surface area contributed by atoms with Gasteiger partial charge in [-0.05, 0) is 17.7 Å². The van der Waals surface area contributed by atoms with Crippen LogP contribution in [-0.4, -0.2) is 25.8 Å². The lowest BCUT2D eigenvalue weighted by molar-refractivity contribution is -0.137. The summed E-state index contributed by atoms with van der Waals surface area (Å²) in [7, 11) is 0. The fraction of sp³-hybridized carbons (Fsp3) is 0.133. The number of hydrogen-bond acceptors (Lipinski definition) is 7. The van der Waals surface area contributed by atoms with E-state index in [1.54, 1.807) is 0 Å². The minimum atomic E-state index is -4.46. The summed E-state index contributed by atoms with van der Waals surface area (Å²) in [4.78, 5) is 27.7. The number of fused-ring (bicyclic) bond motifs is 1. The van der Waals surface area contributed by atoms with Crippen LogP contribution in [0.2, 0.25) is 0 Å². The molecular weight excluding hydrogens is 351 g/mol. The van der Waals surface area contributed by atoms with Gasteiger partial charge in [0, 0.05) is 6.54 Å². The van der Waals surface area contributed by atoms with Gasteiger partial charge in [-0.1, -0.05) is 12.1 Å². The molecule has 0 spiro atoms. The second kappa shape index (κ2) is 6.43. The standard InChI is InChI=1S/C15H12F3N7O/c16-15(17,18)8-3-1-2-7(4-8)5-22-13(26)9-6-21-12-10(23-9)11(19)24-14(20)25-12/h1-4,6H,5H2,(H,22,26)(H4,19,20,21,24,25). The van der Waals surface area contributed by atoms with Crippen molar-refractivity contribution < 1.29 is 18.0 Å². The molecule has 2 aromatic heterocycles. The van der Waals surface area contributed by atoms with Crippen LogP contribution in [-0.2, 0) is 12.7 Å². The normalized spacial score (nSPS) is 11.5. The molecule has 0 radical (unpaired) electrons. The first-order chi connectivity index (χ1) is 12.2. The predicted molar refractivity (Wildman–Crippen MR) is 86.6 cm³/mol. The molecule has 0 bridgehead atoms. The lowest BCUT2D eigenvalue weighted by Crippen LogP contribution is -2.24. The number of carbonyl (C=O) groups is 1. The molecule has 0 fully saturated rings. The van der Waals surface area contributed by atoms with Crippen LogP contribution in [0.4, 0.5) is 24.9 Å². The molecule has 3 rings (SSSR count). The number of aromatic nitrogens is 4. The minimum Gasteiger partial charge on any atom is -0.382 e. The molecule has 134 valence electrons. The first-order valence-electron chi connectivity index (χ1n) is 7.24. The van der Waals surface area contributed by atoms with Gasteiger partial charge in [0.1, 0.15) is 5.69 Å². The quantitative estimate of drug-likeness (QED) is 0.643. The van der Waals surface area contributed by atoms with Gasteiger partial charge in [0.15, 0.2) is 17.0 Å². The van der Waals surface area contributed by atoms with E-state index in [0.717, 1.165) is 18.3 Å². The Kier molecular flexibility index (Phi) is 4.28. The molecule has 11 heteroatoms. The number of anilines is 2. The van der Waals surface area contributed by atoms with E-state index >= 15 is 0 Å². The highest BCUT2D eigenvalue weighted by atomic mass is 19.4. The Morgan fingerprint density at radius 1 is 1.15 bits per heavy atom. The van der Waals surface area contributed by atoms with Crippen molar-refractivity contribution in [3.05, 3.63) is 47.3 Å². The van der Waals surface area contributed by atoms with Gasteiger partial charge in [0.2, 0.25) is 5.95 Å². The van der Waals surface area contributed by atoms with Crippen molar-refractivity contribution in [3.8, 4) is 0 Å². The van der Waals surface area contributed by atoms with Crippen LogP contribution >= 0.6 is 0 Å². The Labute approximate surface area is 144 Å². The molecular formula is C15H12F3N7O. The van der Waals surface area contributed by atoms with Crippen molar-refractivity contribution in [3.63, 3.8) is 0 Å². The van der Waals surface area contributed by atoms with Crippen LogP contribution in [0.15, 0.2) is 30.5 Å². The first kappa shape index (κ1) is 17.3. The monoisotopic (exact) mass is 363 g/mol. The number of nitrogen functional groups attached to an aromatic ring is 2. The van der Waals surface area contributed by atoms with Crippen molar-refractivity contribution >= 4 is 28.8 Å². The van der Waals surface area contributed by atoms with E-state index in [2.05, 4.69) is 25.3 Å². The largest absolute Gasteiger partial charge is 0.416 e. The number of hydrogen-bond donors (Lipinski definition) is 3. The Morgan fingerprint density at radius 2 is 1.92 bits per heavy atom. The van der Waals surface area contributed by atoms with Crippen molar-refractivity contribution in [1.29, 1.82) is 0 Å². The second-order valence-corrected chi connectivity index (χ2v) is 5.28. The maximum Gasteiger partial charge on any atom is 0.416 e. The van der Waals surface area contributed by atoms with E-state index in [9.17, 15) is 18.0 Å². The van der Waals surface area contributed by atoms with Crippen LogP contribution < -0.4 is 16.8 Å². The molecule has 0 aliphatic heterocycles. The smallest absolute Gasteiger partial charge is 0.382 e. The molecule has 2 heterocycles. The highest BCUT2D eigenvalue weighted by Crippen LogP contribution is 2.29. The highest BCUT2D eigenvalue weighted by molar-refractivity contribution is 5.94. The molecule has 0 atom stereocenters. The molecule has 1 amide bonds. The van der Waals surface area contributed by atoms with E-state index in [4.69, 9.17) is 11.5 Å². The third kappa shape index (κ3) is 3.61. The third-order valence-corrected chi connectivity index (χ3v) is 3.39. The van der Waals surface area contributed by atoms with Crippen LogP contribution in [0, 0.1) is 0 Å². The number of nitrogens with two attached hydrogens (primary N) is 2. The lowest BCUT2D eigenvalue weighted by atomic mass is 10.1. The molecule has 26 heavy (non-hydrogen) atoms. The average molecular weight is 363 g/mol. The fourth-order valence-corrected chi connectivity index (χ4v) is 2.19. The van der Waals surface area contributed by atoms with Gasteiger partial charge in [0.05, 0.1) is 11.8 Å². The molecule has 0 aliphatic rings. The van der Waals surface area contributed by atoms with Gasteiger partial charge < -0.3 is 16.8 Å².